The molecule has 2 aromatic heterocycles. The number of hydrogen-bond donors (Lipinski definition) is 0. The van der Waals surface area contributed by atoms with Crippen LogP contribution in [0.2, 0.25) is 0 Å². The van der Waals surface area contributed by atoms with E-state index in [1.807, 2.05) is 56.3 Å². The van der Waals surface area contributed by atoms with Gasteiger partial charge in [0.05, 0.1) is 16.9 Å². The van der Waals surface area contributed by atoms with E-state index in [9.17, 15) is 9.90 Å². The van der Waals surface area contributed by atoms with Crippen LogP contribution >= 0.6 is 0 Å². The number of carboxylic acids is 1. The number of carboxylic acid groups (broad SMARTS) is 1. The first kappa shape index (κ1) is 24.6. The van der Waals surface area contributed by atoms with E-state index in [1.54, 1.807) is 6.07 Å². The van der Waals surface area contributed by atoms with Crippen molar-refractivity contribution in [3.63, 3.8) is 0 Å². The van der Waals surface area contributed by atoms with Gasteiger partial charge in [0.15, 0.2) is 5.76 Å². The van der Waals surface area contributed by atoms with Crippen LogP contribution in [0, 0.1) is 13.8 Å². The number of carbonyl (C=O) groups is 1. The van der Waals surface area contributed by atoms with Gasteiger partial charge in [0, 0.05) is 22.9 Å². The van der Waals surface area contributed by atoms with Crippen molar-refractivity contribution >= 4 is 27.8 Å². The molecule has 1 aliphatic carbocycles. The summed E-state index contributed by atoms with van der Waals surface area (Å²) in [6, 6.07) is 21.5. The number of aryl methyl sites for hydroxylation is 3. The Morgan fingerprint density at radius 1 is 1.03 bits per heavy atom. The van der Waals surface area contributed by atoms with Crippen LogP contribution in [0.1, 0.15) is 39.0 Å². The van der Waals surface area contributed by atoms with Gasteiger partial charge in [-0.25, -0.2) is 4.98 Å². The molecule has 0 radical (unpaired) electrons. The van der Waals surface area contributed by atoms with Crippen molar-refractivity contribution < 1.29 is 48.6 Å². The van der Waals surface area contributed by atoms with Gasteiger partial charge in [-0.1, -0.05) is 48.5 Å². The number of nitrogens with zero attached hydrogens (tertiary/aromatic N) is 1. The third kappa shape index (κ3) is 4.21. The van der Waals surface area contributed by atoms with Crippen LogP contribution in [0.5, 0.6) is 5.75 Å². The van der Waals surface area contributed by atoms with Crippen LogP contribution in [-0.2, 0) is 12.8 Å². The van der Waals surface area contributed by atoms with E-state index in [-0.39, 0.29) is 41.2 Å². The summed E-state index contributed by atoms with van der Waals surface area (Å²) in [6.45, 7) is 3.88. The molecule has 0 bridgehead atoms. The SMILES string of the molecule is Cc1c(-c2cc(C(=O)[O-])c3c(O[C@@H]4CCc5ccccc5C4)ccc(C)c3n2)oc2ccccc12.[Na+]. The van der Waals surface area contributed by atoms with Crippen molar-refractivity contribution in [2.45, 2.75) is 39.2 Å². The molecule has 0 saturated heterocycles. The monoisotopic (exact) mass is 485 g/mol. The molecule has 0 amide bonds. The van der Waals surface area contributed by atoms with E-state index in [0.717, 1.165) is 41.4 Å². The Morgan fingerprint density at radius 3 is 2.56 bits per heavy atom. The molecule has 0 spiro atoms. The number of aromatic nitrogens is 1. The van der Waals surface area contributed by atoms with E-state index in [0.29, 0.717) is 28.1 Å². The third-order valence-corrected chi connectivity index (χ3v) is 7.02. The Morgan fingerprint density at radius 2 is 1.78 bits per heavy atom. The van der Waals surface area contributed by atoms with Gasteiger partial charge in [-0.05, 0) is 61.6 Å². The molecule has 0 N–H and O–H groups in total. The molecule has 0 saturated carbocycles. The zero-order chi connectivity index (χ0) is 24.1. The number of pyridine rings is 1. The third-order valence-electron chi connectivity index (χ3n) is 7.02. The van der Waals surface area contributed by atoms with Gasteiger partial charge in [0.25, 0.3) is 0 Å². The van der Waals surface area contributed by atoms with Gasteiger partial charge in [-0.15, -0.1) is 0 Å². The summed E-state index contributed by atoms with van der Waals surface area (Å²) in [5.74, 6) is -0.184. The van der Waals surface area contributed by atoms with Crippen LogP contribution in [-0.4, -0.2) is 17.1 Å². The van der Waals surface area contributed by atoms with Crippen molar-refractivity contribution in [2.24, 2.45) is 0 Å². The Kier molecular flexibility index (Phi) is 6.64. The standard InChI is InChI=1S/C30H25NO4.Na/c1-17-11-14-26(34-21-13-12-19-7-3-4-8-20(19)15-21)27-23(30(32)33)16-24(31-28(17)27)29-18(2)22-9-5-6-10-25(22)35-29;/h3-11,14,16,21H,12-13,15H2,1-2H3,(H,32,33);/q;+1/p-1/t21-;/m1./s1. The van der Waals surface area contributed by atoms with Gasteiger partial charge < -0.3 is 19.1 Å². The summed E-state index contributed by atoms with van der Waals surface area (Å²) in [5.41, 5.74) is 6.25. The first-order chi connectivity index (χ1) is 17.0. The molecule has 6 rings (SSSR count). The fourth-order valence-electron chi connectivity index (χ4n) is 5.18. The molecule has 0 unspecified atom stereocenters. The van der Waals surface area contributed by atoms with Crippen molar-refractivity contribution in [1.29, 1.82) is 0 Å². The number of para-hydroxylation sites is 1. The minimum Gasteiger partial charge on any atom is -0.545 e. The predicted molar refractivity (Wildman–Crippen MR) is 134 cm³/mol. The molecule has 5 nitrogen and oxygen atoms in total. The van der Waals surface area contributed by atoms with E-state index in [4.69, 9.17) is 14.1 Å². The fraction of sp³-hybridized carbons (Fsp3) is 0.200. The van der Waals surface area contributed by atoms with Crippen LogP contribution in [0.15, 0.2) is 71.1 Å². The average Bonchev–Trinajstić information content (AvgIpc) is 3.21. The van der Waals surface area contributed by atoms with Gasteiger partial charge in [-0.3, -0.25) is 0 Å². The first-order valence-electron chi connectivity index (χ1n) is 11.9. The zero-order valence-electron chi connectivity index (χ0n) is 20.6. The second kappa shape index (κ2) is 9.74. The molecular weight excluding hydrogens is 461 g/mol. The van der Waals surface area contributed by atoms with Crippen molar-refractivity contribution in [1.82, 2.24) is 4.98 Å². The fourth-order valence-corrected chi connectivity index (χ4v) is 5.18. The van der Waals surface area contributed by atoms with E-state index >= 15 is 0 Å². The molecular formula is C30H24NNaO4. The molecule has 1 atom stereocenters. The maximum absolute atomic E-state index is 12.3. The summed E-state index contributed by atoms with van der Waals surface area (Å²) in [4.78, 5) is 17.2. The van der Waals surface area contributed by atoms with Gasteiger partial charge >= 0.3 is 29.6 Å². The summed E-state index contributed by atoms with van der Waals surface area (Å²) in [7, 11) is 0. The normalized spacial score (nSPS) is 14.9. The van der Waals surface area contributed by atoms with Gasteiger partial charge in [0.2, 0.25) is 0 Å². The molecule has 5 aromatic rings. The molecule has 0 aliphatic heterocycles. The van der Waals surface area contributed by atoms with Crippen molar-refractivity contribution in [3.8, 4) is 17.2 Å². The molecule has 6 heteroatoms. The molecule has 0 fully saturated rings. The number of carbonyl (C=O) groups excluding carboxylic acids is 1. The van der Waals surface area contributed by atoms with Crippen molar-refractivity contribution in [2.75, 3.05) is 0 Å². The number of furan rings is 1. The summed E-state index contributed by atoms with van der Waals surface area (Å²) >= 11 is 0. The Labute approximate surface area is 231 Å². The average molecular weight is 486 g/mol. The molecule has 1 aliphatic rings. The van der Waals surface area contributed by atoms with Crippen LogP contribution in [0.4, 0.5) is 0 Å². The maximum Gasteiger partial charge on any atom is 1.00 e. The summed E-state index contributed by atoms with van der Waals surface area (Å²) in [5, 5.41) is 13.8. The second-order valence-corrected chi connectivity index (χ2v) is 9.25. The number of fused-ring (bicyclic) bond motifs is 3. The number of hydrogen-bond acceptors (Lipinski definition) is 5. The number of ether oxygens (including phenoxy) is 1. The zero-order valence-corrected chi connectivity index (χ0v) is 22.6. The Balaban J connectivity index is 0.00000267. The molecule has 36 heavy (non-hydrogen) atoms. The van der Waals surface area contributed by atoms with Crippen LogP contribution < -0.4 is 39.4 Å². The summed E-state index contributed by atoms with van der Waals surface area (Å²) < 4.78 is 12.5. The molecule has 174 valence electrons. The van der Waals surface area contributed by atoms with Gasteiger partial charge in [0.1, 0.15) is 23.1 Å². The van der Waals surface area contributed by atoms with Crippen molar-refractivity contribution in [3.05, 3.63) is 94.5 Å². The summed E-state index contributed by atoms with van der Waals surface area (Å²) in [6.07, 6.45) is 2.56. The number of aromatic carboxylic acids is 1. The second-order valence-electron chi connectivity index (χ2n) is 9.25. The van der Waals surface area contributed by atoms with E-state index in [1.165, 1.54) is 11.1 Å². The smallest absolute Gasteiger partial charge is 0.545 e. The maximum atomic E-state index is 12.3. The minimum absolute atomic E-state index is 0. The molecule has 3 aromatic carbocycles. The predicted octanol–water partition coefficient (Wildman–Crippen LogP) is 2.57. The Hall–Kier alpha value is -3.12. The molecule has 2 heterocycles. The largest absolute Gasteiger partial charge is 1.00 e. The quantitative estimate of drug-likeness (QED) is 0.366. The Bertz CT molecular complexity index is 1620. The van der Waals surface area contributed by atoms with Crippen LogP contribution in [0.3, 0.4) is 0 Å². The number of benzene rings is 3. The van der Waals surface area contributed by atoms with Gasteiger partial charge in [-0.2, -0.15) is 0 Å². The van der Waals surface area contributed by atoms with E-state index < -0.39 is 5.97 Å². The van der Waals surface area contributed by atoms with Crippen LogP contribution in [0.25, 0.3) is 33.3 Å². The number of rotatable bonds is 4. The topological polar surface area (TPSA) is 75.4 Å². The van der Waals surface area contributed by atoms with E-state index in [2.05, 4.69) is 18.2 Å². The first-order valence-corrected chi connectivity index (χ1v) is 11.9. The minimum atomic E-state index is -1.27.